The Bertz CT molecular complexity index is 533. The summed E-state index contributed by atoms with van der Waals surface area (Å²) in [5.74, 6) is 0.234. The summed E-state index contributed by atoms with van der Waals surface area (Å²) in [4.78, 5) is 18.9. The number of benzene rings is 1. The minimum Gasteiger partial charge on any atom is -0.399 e. The maximum Gasteiger partial charge on any atom is 0.236 e. The minimum absolute atomic E-state index is 0. The predicted octanol–water partition coefficient (Wildman–Crippen LogP) is 1.09. The topological polar surface area (TPSA) is 62.0 Å². The van der Waals surface area contributed by atoms with Gasteiger partial charge in [-0.1, -0.05) is 12.1 Å². The second kappa shape index (κ2) is 10.8. The first kappa shape index (κ1) is 22.0. The fourth-order valence-electron chi connectivity index (χ4n) is 3.16. The maximum atomic E-state index is 12.3. The molecule has 0 radical (unpaired) electrons. The number of hydrogen-bond donors (Lipinski definition) is 1. The standard InChI is InChI=1S/C17H26N4O2.2ClH/c18-16-3-1-2-15(12-16)13-19-4-6-20(7-5-19)14-17(22)21-8-10-23-11-9-21;;/h1-3,12H,4-11,13-14,18H2;2*1H. The van der Waals surface area contributed by atoms with Gasteiger partial charge in [0.25, 0.3) is 0 Å². The smallest absolute Gasteiger partial charge is 0.236 e. The van der Waals surface area contributed by atoms with Crippen molar-refractivity contribution in [3.8, 4) is 0 Å². The number of carbonyl (C=O) groups is 1. The average molecular weight is 391 g/mol. The molecule has 0 aliphatic carbocycles. The van der Waals surface area contributed by atoms with Crippen molar-refractivity contribution < 1.29 is 9.53 Å². The summed E-state index contributed by atoms with van der Waals surface area (Å²) in [5, 5.41) is 0. The summed E-state index contributed by atoms with van der Waals surface area (Å²) >= 11 is 0. The van der Waals surface area contributed by atoms with Gasteiger partial charge < -0.3 is 15.4 Å². The van der Waals surface area contributed by atoms with E-state index < -0.39 is 0 Å². The molecule has 1 aromatic carbocycles. The highest BCUT2D eigenvalue weighted by molar-refractivity contribution is 5.85. The van der Waals surface area contributed by atoms with Crippen LogP contribution in [-0.4, -0.2) is 79.6 Å². The molecule has 0 bridgehead atoms. The molecular weight excluding hydrogens is 363 g/mol. The average Bonchev–Trinajstić information content (AvgIpc) is 2.57. The van der Waals surface area contributed by atoms with E-state index in [4.69, 9.17) is 10.5 Å². The second-order valence-electron chi connectivity index (χ2n) is 6.29. The number of piperazine rings is 1. The number of amides is 1. The molecule has 6 nitrogen and oxygen atoms in total. The zero-order chi connectivity index (χ0) is 16.1. The van der Waals surface area contributed by atoms with Gasteiger partial charge in [-0.2, -0.15) is 0 Å². The number of morpholine rings is 1. The van der Waals surface area contributed by atoms with Gasteiger partial charge in [-0.15, -0.1) is 24.8 Å². The molecule has 2 aliphatic heterocycles. The Balaban J connectivity index is 0.00000156. The van der Waals surface area contributed by atoms with Crippen LogP contribution in [0.5, 0.6) is 0 Å². The third-order valence-corrected chi connectivity index (χ3v) is 4.54. The van der Waals surface area contributed by atoms with E-state index in [1.165, 1.54) is 5.56 Å². The highest BCUT2D eigenvalue weighted by Crippen LogP contribution is 2.12. The summed E-state index contributed by atoms with van der Waals surface area (Å²) < 4.78 is 5.30. The highest BCUT2D eigenvalue weighted by Gasteiger charge is 2.22. The number of anilines is 1. The Morgan fingerprint density at radius 2 is 1.64 bits per heavy atom. The van der Waals surface area contributed by atoms with Gasteiger partial charge in [0.2, 0.25) is 5.91 Å². The van der Waals surface area contributed by atoms with Gasteiger partial charge in [-0.3, -0.25) is 14.6 Å². The van der Waals surface area contributed by atoms with Gasteiger partial charge in [0, 0.05) is 51.5 Å². The fraction of sp³-hybridized carbons (Fsp3) is 0.588. The van der Waals surface area contributed by atoms with Crippen molar-refractivity contribution in [1.29, 1.82) is 0 Å². The van der Waals surface area contributed by atoms with E-state index in [1.54, 1.807) is 0 Å². The monoisotopic (exact) mass is 390 g/mol. The summed E-state index contributed by atoms with van der Waals surface area (Å²) in [7, 11) is 0. The molecule has 0 aromatic heterocycles. The number of rotatable bonds is 4. The van der Waals surface area contributed by atoms with Crippen LogP contribution in [0.3, 0.4) is 0 Å². The normalized spacial score (nSPS) is 19.0. The summed E-state index contributed by atoms with van der Waals surface area (Å²) in [5.41, 5.74) is 7.90. The van der Waals surface area contributed by atoms with Crippen molar-refractivity contribution in [3.05, 3.63) is 29.8 Å². The molecule has 1 amide bonds. The number of nitrogen functional groups attached to an aromatic ring is 1. The number of halogens is 2. The molecule has 2 heterocycles. The quantitative estimate of drug-likeness (QED) is 0.779. The van der Waals surface area contributed by atoms with E-state index in [-0.39, 0.29) is 30.7 Å². The van der Waals surface area contributed by atoms with Gasteiger partial charge in [-0.25, -0.2) is 0 Å². The molecule has 0 atom stereocenters. The van der Waals surface area contributed by atoms with E-state index >= 15 is 0 Å². The molecule has 3 rings (SSSR count). The van der Waals surface area contributed by atoms with Crippen LogP contribution in [0.25, 0.3) is 0 Å². The fourth-order valence-corrected chi connectivity index (χ4v) is 3.16. The van der Waals surface area contributed by atoms with Gasteiger partial charge >= 0.3 is 0 Å². The first-order valence-electron chi connectivity index (χ1n) is 8.35. The number of carbonyl (C=O) groups excluding carboxylic acids is 1. The molecule has 2 aliphatic rings. The van der Waals surface area contributed by atoms with Crippen molar-refractivity contribution in [3.63, 3.8) is 0 Å². The molecule has 8 heteroatoms. The molecule has 142 valence electrons. The molecule has 25 heavy (non-hydrogen) atoms. The molecular formula is C17H28Cl2N4O2. The highest BCUT2D eigenvalue weighted by atomic mass is 35.5. The van der Waals surface area contributed by atoms with Gasteiger partial charge in [-0.05, 0) is 17.7 Å². The van der Waals surface area contributed by atoms with E-state index in [1.807, 2.05) is 23.1 Å². The molecule has 2 saturated heterocycles. The van der Waals surface area contributed by atoms with E-state index in [9.17, 15) is 4.79 Å². The summed E-state index contributed by atoms with van der Waals surface area (Å²) in [6, 6.07) is 8.07. The zero-order valence-corrected chi connectivity index (χ0v) is 16.1. The van der Waals surface area contributed by atoms with Gasteiger partial charge in [0.1, 0.15) is 0 Å². The largest absolute Gasteiger partial charge is 0.399 e. The predicted molar refractivity (Wildman–Crippen MR) is 104 cm³/mol. The van der Waals surface area contributed by atoms with Crippen LogP contribution in [0.15, 0.2) is 24.3 Å². The van der Waals surface area contributed by atoms with Crippen molar-refractivity contribution in [1.82, 2.24) is 14.7 Å². The Morgan fingerprint density at radius 1 is 1.00 bits per heavy atom. The number of hydrogen-bond acceptors (Lipinski definition) is 5. The third kappa shape index (κ3) is 6.64. The van der Waals surface area contributed by atoms with Crippen LogP contribution >= 0.6 is 24.8 Å². The molecule has 2 fully saturated rings. The van der Waals surface area contributed by atoms with Crippen molar-refractivity contribution in [2.24, 2.45) is 0 Å². The lowest BCUT2D eigenvalue weighted by molar-refractivity contribution is -0.136. The lowest BCUT2D eigenvalue weighted by atomic mass is 10.2. The Labute approximate surface area is 162 Å². The van der Waals surface area contributed by atoms with Gasteiger partial charge in [0.05, 0.1) is 19.8 Å². The second-order valence-corrected chi connectivity index (χ2v) is 6.29. The third-order valence-electron chi connectivity index (χ3n) is 4.54. The Hall–Kier alpha value is -1.05. The van der Waals surface area contributed by atoms with E-state index in [0.29, 0.717) is 19.8 Å². The van der Waals surface area contributed by atoms with Crippen LogP contribution in [0, 0.1) is 0 Å². The van der Waals surface area contributed by atoms with Crippen molar-refractivity contribution in [2.45, 2.75) is 6.54 Å². The Kier molecular flexibility index (Phi) is 9.53. The SMILES string of the molecule is Cl.Cl.Nc1cccc(CN2CCN(CC(=O)N3CCOCC3)CC2)c1. The maximum absolute atomic E-state index is 12.3. The van der Waals surface area contributed by atoms with Crippen LogP contribution in [0.1, 0.15) is 5.56 Å². The van der Waals surface area contributed by atoms with Crippen molar-refractivity contribution in [2.75, 3.05) is 64.8 Å². The number of ether oxygens (including phenoxy) is 1. The van der Waals surface area contributed by atoms with Crippen LogP contribution < -0.4 is 5.73 Å². The first-order valence-corrected chi connectivity index (χ1v) is 8.35. The zero-order valence-electron chi connectivity index (χ0n) is 14.4. The number of nitrogens with zero attached hydrogens (tertiary/aromatic N) is 3. The van der Waals surface area contributed by atoms with Crippen molar-refractivity contribution >= 4 is 36.4 Å². The summed E-state index contributed by atoms with van der Waals surface area (Å²) in [6.45, 7) is 8.12. The summed E-state index contributed by atoms with van der Waals surface area (Å²) in [6.07, 6.45) is 0. The molecule has 2 N–H and O–H groups in total. The molecule has 0 spiro atoms. The Morgan fingerprint density at radius 3 is 2.28 bits per heavy atom. The molecule has 1 aromatic rings. The van der Waals surface area contributed by atoms with Crippen LogP contribution in [-0.2, 0) is 16.1 Å². The lowest BCUT2D eigenvalue weighted by Crippen LogP contribution is -2.51. The van der Waals surface area contributed by atoms with Crippen LogP contribution in [0.2, 0.25) is 0 Å². The van der Waals surface area contributed by atoms with E-state index in [0.717, 1.165) is 51.5 Å². The van der Waals surface area contributed by atoms with Gasteiger partial charge in [0.15, 0.2) is 0 Å². The minimum atomic E-state index is 0. The lowest BCUT2D eigenvalue weighted by Gasteiger charge is -2.36. The van der Waals surface area contributed by atoms with E-state index in [2.05, 4.69) is 15.9 Å². The molecule has 0 saturated carbocycles. The first-order chi connectivity index (χ1) is 11.2. The number of nitrogens with two attached hydrogens (primary N) is 1. The molecule has 0 unspecified atom stereocenters. The van der Waals surface area contributed by atoms with Crippen LogP contribution in [0.4, 0.5) is 5.69 Å².